The molecule has 1 aliphatic carbocycles. The number of sulfonamides is 1. The van der Waals surface area contributed by atoms with Crippen molar-refractivity contribution in [1.82, 2.24) is 9.62 Å². The molecule has 38 heavy (non-hydrogen) atoms. The fourth-order valence-electron chi connectivity index (χ4n) is 4.43. The van der Waals surface area contributed by atoms with Crippen molar-refractivity contribution in [2.24, 2.45) is 5.92 Å². The van der Waals surface area contributed by atoms with Gasteiger partial charge in [-0.1, -0.05) is 6.42 Å². The average molecular weight is 575 g/mol. The molecule has 1 saturated carbocycles. The Balaban J connectivity index is 1.68. The molecule has 1 N–H and O–H groups in total. The van der Waals surface area contributed by atoms with E-state index in [4.69, 9.17) is 0 Å². The van der Waals surface area contributed by atoms with Crippen LogP contribution in [-0.2, 0) is 21.2 Å². The molecule has 11 heteroatoms. The van der Waals surface area contributed by atoms with Gasteiger partial charge in [0.2, 0.25) is 0 Å². The number of nitrogens with one attached hydrogen (secondary N) is 1. The van der Waals surface area contributed by atoms with Gasteiger partial charge >= 0.3 is 0 Å². The molecule has 210 valence electrons. The smallest absolute Gasteiger partial charge is 0.271 e. The van der Waals surface area contributed by atoms with Gasteiger partial charge in [-0.05, 0) is 108 Å². The molecule has 1 aliphatic rings. The van der Waals surface area contributed by atoms with Crippen LogP contribution in [0, 0.1) is 23.4 Å². The van der Waals surface area contributed by atoms with E-state index in [0.717, 1.165) is 24.3 Å². The van der Waals surface area contributed by atoms with Gasteiger partial charge in [0.05, 0.1) is 4.90 Å². The SMILES string of the molecule is CN(C)CC[C@@H](CCc1c(F)cc(S(=O)(=O)NC(=O)C2(F)CCCCC2)cc1F)CSc1ccc(F)cc1. The topological polar surface area (TPSA) is 66.5 Å². The summed E-state index contributed by atoms with van der Waals surface area (Å²) in [5.41, 5.74) is -2.55. The van der Waals surface area contributed by atoms with Gasteiger partial charge in [-0.2, -0.15) is 0 Å². The summed E-state index contributed by atoms with van der Waals surface area (Å²) < 4.78 is 84.8. The second kappa shape index (κ2) is 13.3. The number of amides is 1. The number of rotatable bonds is 12. The Morgan fingerprint density at radius 1 is 1.03 bits per heavy atom. The number of hydrogen-bond acceptors (Lipinski definition) is 5. The Hall–Kier alpha value is -2.11. The summed E-state index contributed by atoms with van der Waals surface area (Å²) in [7, 11) is -0.794. The predicted molar refractivity (Wildman–Crippen MR) is 141 cm³/mol. The molecule has 0 aromatic heterocycles. The molecule has 5 nitrogen and oxygen atoms in total. The summed E-state index contributed by atoms with van der Waals surface area (Å²) >= 11 is 1.53. The Morgan fingerprint density at radius 2 is 1.63 bits per heavy atom. The normalized spacial score (nSPS) is 16.4. The van der Waals surface area contributed by atoms with E-state index in [-0.39, 0.29) is 36.6 Å². The van der Waals surface area contributed by atoms with Crippen LogP contribution in [0.5, 0.6) is 0 Å². The Kier molecular flexibility index (Phi) is 10.7. The van der Waals surface area contributed by atoms with E-state index < -0.39 is 38.1 Å². The molecular formula is C27H34F4N2O3S2. The maximum absolute atomic E-state index is 14.9. The summed E-state index contributed by atoms with van der Waals surface area (Å²) in [6.07, 6.45) is 2.75. The van der Waals surface area contributed by atoms with E-state index in [1.807, 2.05) is 19.0 Å². The van der Waals surface area contributed by atoms with Crippen molar-refractivity contribution in [3.05, 3.63) is 59.4 Å². The molecule has 0 spiro atoms. The molecule has 0 bridgehead atoms. The van der Waals surface area contributed by atoms with Crippen molar-refractivity contribution >= 4 is 27.7 Å². The van der Waals surface area contributed by atoms with Crippen LogP contribution >= 0.6 is 11.8 Å². The number of benzene rings is 2. The van der Waals surface area contributed by atoms with Crippen molar-refractivity contribution in [2.45, 2.75) is 66.8 Å². The zero-order valence-corrected chi connectivity index (χ0v) is 23.2. The maximum atomic E-state index is 14.9. The third-order valence-corrected chi connectivity index (χ3v) is 9.35. The zero-order chi connectivity index (χ0) is 27.9. The van der Waals surface area contributed by atoms with Gasteiger partial charge in [0, 0.05) is 16.2 Å². The number of thioether (sulfide) groups is 1. The lowest BCUT2D eigenvalue weighted by Crippen LogP contribution is -2.46. The third-order valence-electron chi connectivity index (χ3n) is 6.79. The number of halogens is 4. The minimum absolute atomic E-state index is 0.0417. The second-order valence-corrected chi connectivity index (χ2v) is 12.9. The minimum atomic E-state index is -4.66. The van der Waals surface area contributed by atoms with Crippen LogP contribution in [0.2, 0.25) is 0 Å². The van der Waals surface area contributed by atoms with Crippen LogP contribution in [-0.4, -0.2) is 51.3 Å². The highest BCUT2D eigenvalue weighted by atomic mass is 32.2. The van der Waals surface area contributed by atoms with E-state index in [0.29, 0.717) is 37.1 Å². The Morgan fingerprint density at radius 3 is 2.21 bits per heavy atom. The first kappa shape index (κ1) is 30.4. The monoisotopic (exact) mass is 574 g/mol. The Labute approximate surface area is 226 Å². The average Bonchev–Trinajstić information content (AvgIpc) is 2.85. The molecule has 0 radical (unpaired) electrons. The van der Waals surface area contributed by atoms with Gasteiger partial charge in [0.15, 0.2) is 5.67 Å². The number of carbonyl (C=O) groups excluding carboxylic acids is 1. The van der Waals surface area contributed by atoms with Crippen molar-refractivity contribution in [3.8, 4) is 0 Å². The molecule has 3 rings (SSSR count). The predicted octanol–water partition coefficient (Wildman–Crippen LogP) is 5.87. The molecule has 1 atom stereocenters. The molecule has 2 aromatic carbocycles. The first-order valence-corrected chi connectivity index (χ1v) is 15.1. The molecule has 2 aromatic rings. The van der Waals surface area contributed by atoms with Crippen LogP contribution in [0.3, 0.4) is 0 Å². The number of carbonyl (C=O) groups is 1. The second-order valence-electron chi connectivity index (χ2n) is 10.1. The lowest BCUT2D eigenvalue weighted by molar-refractivity contribution is -0.133. The molecular weight excluding hydrogens is 540 g/mol. The van der Waals surface area contributed by atoms with Crippen molar-refractivity contribution in [3.63, 3.8) is 0 Å². The Bertz CT molecular complexity index is 1180. The van der Waals surface area contributed by atoms with Crippen molar-refractivity contribution in [1.29, 1.82) is 0 Å². The molecule has 0 aliphatic heterocycles. The summed E-state index contributed by atoms with van der Waals surface area (Å²) in [6, 6.07) is 7.45. The van der Waals surface area contributed by atoms with Crippen LogP contribution < -0.4 is 4.72 Å². The molecule has 0 unspecified atom stereocenters. The summed E-state index contributed by atoms with van der Waals surface area (Å²) in [5, 5.41) is 0. The van der Waals surface area contributed by atoms with E-state index in [1.165, 1.54) is 23.9 Å². The zero-order valence-electron chi connectivity index (χ0n) is 21.6. The van der Waals surface area contributed by atoms with E-state index in [9.17, 15) is 30.8 Å². The lowest BCUT2D eigenvalue weighted by Gasteiger charge is -2.27. The summed E-state index contributed by atoms with van der Waals surface area (Å²) in [5.74, 6) is -2.96. The summed E-state index contributed by atoms with van der Waals surface area (Å²) in [4.78, 5) is 14.5. The highest BCUT2D eigenvalue weighted by Gasteiger charge is 2.41. The fourth-order valence-corrected chi connectivity index (χ4v) is 6.58. The van der Waals surface area contributed by atoms with Crippen molar-refractivity contribution in [2.75, 3.05) is 26.4 Å². The maximum Gasteiger partial charge on any atom is 0.271 e. The van der Waals surface area contributed by atoms with Gasteiger partial charge in [-0.15, -0.1) is 11.8 Å². The molecule has 0 heterocycles. The van der Waals surface area contributed by atoms with Gasteiger partial charge in [0.1, 0.15) is 17.5 Å². The molecule has 1 amide bonds. The highest BCUT2D eigenvalue weighted by molar-refractivity contribution is 7.99. The third kappa shape index (κ3) is 8.44. The summed E-state index contributed by atoms with van der Waals surface area (Å²) in [6.45, 7) is 0.770. The molecule has 0 saturated heterocycles. The van der Waals surface area contributed by atoms with Gasteiger partial charge in [0.25, 0.3) is 15.9 Å². The lowest BCUT2D eigenvalue weighted by atomic mass is 9.86. The number of nitrogens with zero attached hydrogens (tertiary/aromatic N) is 1. The molecule has 1 fully saturated rings. The van der Waals surface area contributed by atoms with Gasteiger partial charge in [-0.3, -0.25) is 4.79 Å². The highest BCUT2D eigenvalue weighted by Crippen LogP contribution is 2.33. The first-order valence-electron chi connectivity index (χ1n) is 12.7. The van der Waals surface area contributed by atoms with E-state index >= 15 is 0 Å². The number of alkyl halides is 1. The van der Waals surface area contributed by atoms with Crippen LogP contribution in [0.25, 0.3) is 0 Å². The fraction of sp³-hybridized carbons (Fsp3) is 0.519. The minimum Gasteiger partial charge on any atom is -0.309 e. The quantitative estimate of drug-likeness (QED) is 0.254. The van der Waals surface area contributed by atoms with E-state index in [2.05, 4.69) is 0 Å². The first-order chi connectivity index (χ1) is 17.9. The van der Waals surface area contributed by atoms with Crippen molar-refractivity contribution < 1.29 is 30.8 Å². The standard InChI is InChI=1S/C27H34F4N2O3S2/c1-33(2)15-12-19(18-37-21-9-7-20(28)8-10-21)6-11-23-24(29)16-22(17-25(23)30)38(35,36)32-26(34)27(31)13-4-3-5-14-27/h7-10,16-17,19H,3-6,11-15,18H2,1-2H3,(H,32,34)/t19-/m1/s1. The van der Waals surface area contributed by atoms with Crippen LogP contribution in [0.4, 0.5) is 17.6 Å². The van der Waals surface area contributed by atoms with E-state index in [1.54, 1.807) is 16.9 Å². The van der Waals surface area contributed by atoms with Crippen LogP contribution in [0.15, 0.2) is 46.2 Å². The number of hydrogen-bond donors (Lipinski definition) is 1. The van der Waals surface area contributed by atoms with Gasteiger partial charge < -0.3 is 4.90 Å². The largest absolute Gasteiger partial charge is 0.309 e. The van der Waals surface area contributed by atoms with Crippen LogP contribution in [0.1, 0.15) is 50.5 Å². The van der Waals surface area contributed by atoms with Gasteiger partial charge in [-0.25, -0.2) is 30.7 Å².